The summed E-state index contributed by atoms with van der Waals surface area (Å²) in [7, 11) is 0. The number of carbonyl (C=O) groups is 2. The summed E-state index contributed by atoms with van der Waals surface area (Å²) in [5.74, 6) is 0.998. The summed E-state index contributed by atoms with van der Waals surface area (Å²) in [6, 6.07) is 7.01. The van der Waals surface area contributed by atoms with Gasteiger partial charge >= 0.3 is 0 Å². The van der Waals surface area contributed by atoms with Gasteiger partial charge in [0, 0.05) is 6.54 Å². The van der Waals surface area contributed by atoms with Gasteiger partial charge in [-0.25, -0.2) is 0 Å². The smallest absolute Gasteiger partial charge is 0.261 e. The Morgan fingerprint density at radius 2 is 1.67 bits per heavy atom. The first kappa shape index (κ1) is 13.1. The number of imide groups is 1. The van der Waals surface area contributed by atoms with Crippen molar-refractivity contribution in [2.45, 2.75) is 19.8 Å². The van der Waals surface area contributed by atoms with Gasteiger partial charge in [-0.3, -0.25) is 14.5 Å². The molecule has 0 saturated heterocycles. The molecule has 2 amide bonds. The quantitative estimate of drug-likeness (QED) is 0.655. The van der Waals surface area contributed by atoms with E-state index < -0.39 is 0 Å². The highest BCUT2D eigenvalue weighted by Crippen LogP contribution is 2.23. The molecule has 1 aliphatic rings. The van der Waals surface area contributed by atoms with Crippen LogP contribution in [-0.4, -0.2) is 29.0 Å². The Kier molecular flexibility index (Phi) is 4.07. The minimum Gasteiger partial charge on any atom is -0.274 e. The average Bonchev–Trinajstić information content (AvgIpc) is 2.61. The molecule has 0 bridgehead atoms. The summed E-state index contributed by atoms with van der Waals surface area (Å²) in [5, 5.41) is 0. The Bertz CT molecular complexity index is 438. The van der Waals surface area contributed by atoms with Crippen LogP contribution >= 0.6 is 12.6 Å². The van der Waals surface area contributed by atoms with E-state index in [0.29, 0.717) is 23.6 Å². The van der Waals surface area contributed by atoms with E-state index >= 15 is 0 Å². The first-order chi connectivity index (χ1) is 8.65. The van der Waals surface area contributed by atoms with Crippen molar-refractivity contribution in [1.29, 1.82) is 0 Å². The molecule has 1 aromatic carbocycles. The molecular weight excluding hydrogens is 246 g/mol. The maximum absolute atomic E-state index is 12.1. The zero-order valence-corrected chi connectivity index (χ0v) is 11.3. The molecule has 0 N–H and O–H groups in total. The third kappa shape index (κ3) is 2.43. The fourth-order valence-corrected chi connectivity index (χ4v) is 2.60. The first-order valence-corrected chi connectivity index (χ1v) is 6.84. The van der Waals surface area contributed by atoms with Crippen molar-refractivity contribution in [3.8, 4) is 0 Å². The molecule has 0 aromatic heterocycles. The van der Waals surface area contributed by atoms with Crippen molar-refractivity contribution in [2.75, 3.05) is 12.3 Å². The number of nitrogens with zero attached hydrogens (tertiary/aromatic N) is 1. The number of fused-ring (bicyclic) bond motifs is 1. The first-order valence-electron chi connectivity index (χ1n) is 6.21. The number of hydrogen-bond acceptors (Lipinski definition) is 3. The van der Waals surface area contributed by atoms with Crippen LogP contribution in [0.4, 0.5) is 0 Å². The molecule has 2 rings (SSSR count). The van der Waals surface area contributed by atoms with Crippen LogP contribution in [-0.2, 0) is 0 Å². The van der Waals surface area contributed by atoms with E-state index in [1.165, 1.54) is 4.90 Å². The summed E-state index contributed by atoms with van der Waals surface area (Å²) in [6.45, 7) is 2.62. The Balaban J connectivity index is 2.05. The number of thiol groups is 1. The summed E-state index contributed by atoms with van der Waals surface area (Å²) >= 11 is 4.19. The van der Waals surface area contributed by atoms with Gasteiger partial charge in [0.25, 0.3) is 11.8 Å². The van der Waals surface area contributed by atoms with Crippen LogP contribution in [0.1, 0.15) is 40.5 Å². The van der Waals surface area contributed by atoms with Gasteiger partial charge in [0.2, 0.25) is 0 Å². The van der Waals surface area contributed by atoms with E-state index in [4.69, 9.17) is 0 Å². The second kappa shape index (κ2) is 5.57. The van der Waals surface area contributed by atoms with Gasteiger partial charge in [-0.05, 0) is 36.6 Å². The summed E-state index contributed by atoms with van der Waals surface area (Å²) in [5.41, 5.74) is 1.06. The number of carbonyl (C=O) groups excluding carboxylic acids is 2. The average molecular weight is 263 g/mol. The molecule has 0 spiro atoms. The highest BCUT2D eigenvalue weighted by Gasteiger charge is 2.34. The van der Waals surface area contributed by atoms with Gasteiger partial charge in [0.1, 0.15) is 0 Å². The van der Waals surface area contributed by atoms with Crippen molar-refractivity contribution in [3.63, 3.8) is 0 Å². The van der Waals surface area contributed by atoms with Gasteiger partial charge in [-0.15, -0.1) is 0 Å². The van der Waals surface area contributed by atoms with Crippen LogP contribution in [0.25, 0.3) is 0 Å². The highest BCUT2D eigenvalue weighted by molar-refractivity contribution is 7.80. The zero-order chi connectivity index (χ0) is 13.1. The molecule has 0 fully saturated rings. The second-order valence-electron chi connectivity index (χ2n) is 4.71. The summed E-state index contributed by atoms with van der Waals surface area (Å²) in [6.07, 6.45) is 1.85. The molecule has 0 saturated carbocycles. The molecule has 1 atom stereocenters. The van der Waals surface area contributed by atoms with Crippen LogP contribution < -0.4 is 0 Å². The lowest BCUT2D eigenvalue weighted by atomic mass is 10.1. The molecule has 1 unspecified atom stereocenters. The normalized spacial score (nSPS) is 16.0. The van der Waals surface area contributed by atoms with Crippen molar-refractivity contribution in [1.82, 2.24) is 4.90 Å². The van der Waals surface area contributed by atoms with E-state index in [-0.39, 0.29) is 11.8 Å². The van der Waals surface area contributed by atoms with E-state index in [1.54, 1.807) is 24.3 Å². The molecule has 1 aromatic rings. The number of rotatable bonds is 5. The molecular formula is C14H17NO2S. The maximum Gasteiger partial charge on any atom is 0.261 e. The Morgan fingerprint density at radius 1 is 1.11 bits per heavy atom. The van der Waals surface area contributed by atoms with Crippen LogP contribution in [0.15, 0.2) is 24.3 Å². The minimum atomic E-state index is -0.159. The third-order valence-corrected chi connectivity index (χ3v) is 3.60. The third-order valence-electron chi connectivity index (χ3n) is 3.35. The maximum atomic E-state index is 12.1. The Labute approximate surface area is 113 Å². The van der Waals surface area contributed by atoms with Gasteiger partial charge in [0.05, 0.1) is 11.1 Å². The van der Waals surface area contributed by atoms with Crippen LogP contribution in [0.2, 0.25) is 0 Å². The molecule has 18 heavy (non-hydrogen) atoms. The number of hydrogen-bond donors (Lipinski definition) is 1. The standard InChI is InChI=1S/C14H17NO2S/c1-10(7-9-18)6-8-15-13(16)11-4-2-3-5-12(11)14(15)17/h2-5,10,18H,6-9H2,1H3. The minimum absolute atomic E-state index is 0.159. The van der Waals surface area contributed by atoms with Crippen molar-refractivity contribution in [3.05, 3.63) is 35.4 Å². The molecule has 0 aliphatic carbocycles. The van der Waals surface area contributed by atoms with Crippen molar-refractivity contribution >= 4 is 24.4 Å². The van der Waals surface area contributed by atoms with E-state index in [1.807, 2.05) is 0 Å². The molecule has 96 valence electrons. The number of benzene rings is 1. The molecule has 1 heterocycles. The lowest BCUT2D eigenvalue weighted by Crippen LogP contribution is -2.31. The van der Waals surface area contributed by atoms with E-state index in [0.717, 1.165) is 18.6 Å². The van der Waals surface area contributed by atoms with Crippen molar-refractivity contribution < 1.29 is 9.59 Å². The predicted molar refractivity (Wildman–Crippen MR) is 74.1 cm³/mol. The monoisotopic (exact) mass is 263 g/mol. The molecule has 0 radical (unpaired) electrons. The number of amides is 2. The zero-order valence-electron chi connectivity index (χ0n) is 10.4. The van der Waals surface area contributed by atoms with E-state index in [2.05, 4.69) is 19.6 Å². The Morgan fingerprint density at radius 3 is 2.17 bits per heavy atom. The van der Waals surface area contributed by atoms with E-state index in [9.17, 15) is 9.59 Å². The SMILES string of the molecule is CC(CCS)CCN1C(=O)c2ccccc2C1=O. The largest absolute Gasteiger partial charge is 0.274 e. The van der Waals surface area contributed by atoms with Crippen LogP contribution in [0.5, 0.6) is 0 Å². The summed E-state index contributed by atoms with van der Waals surface area (Å²) < 4.78 is 0. The topological polar surface area (TPSA) is 37.4 Å². The summed E-state index contributed by atoms with van der Waals surface area (Å²) in [4.78, 5) is 25.5. The fraction of sp³-hybridized carbons (Fsp3) is 0.429. The van der Waals surface area contributed by atoms with Crippen LogP contribution in [0, 0.1) is 5.92 Å². The lowest BCUT2D eigenvalue weighted by molar-refractivity contribution is 0.0646. The van der Waals surface area contributed by atoms with Gasteiger partial charge in [-0.2, -0.15) is 12.6 Å². The van der Waals surface area contributed by atoms with Crippen molar-refractivity contribution in [2.24, 2.45) is 5.92 Å². The van der Waals surface area contributed by atoms with Crippen LogP contribution in [0.3, 0.4) is 0 Å². The molecule has 3 nitrogen and oxygen atoms in total. The predicted octanol–water partition coefficient (Wildman–Crippen LogP) is 2.63. The molecule has 4 heteroatoms. The highest BCUT2D eigenvalue weighted by atomic mass is 32.1. The Hall–Kier alpha value is -1.29. The van der Waals surface area contributed by atoms with Gasteiger partial charge in [-0.1, -0.05) is 19.1 Å². The lowest BCUT2D eigenvalue weighted by Gasteiger charge is -2.16. The second-order valence-corrected chi connectivity index (χ2v) is 5.16. The fourth-order valence-electron chi connectivity index (χ4n) is 2.16. The van der Waals surface area contributed by atoms with Gasteiger partial charge < -0.3 is 0 Å². The van der Waals surface area contributed by atoms with Gasteiger partial charge in [0.15, 0.2) is 0 Å². The molecule has 1 aliphatic heterocycles.